The van der Waals surface area contributed by atoms with Gasteiger partial charge in [0.2, 0.25) is 0 Å². The lowest BCUT2D eigenvalue weighted by Crippen LogP contribution is -2.10. The van der Waals surface area contributed by atoms with Crippen LogP contribution in [0.25, 0.3) is 0 Å². The number of halogens is 7. The molecule has 0 aromatic heterocycles. The van der Waals surface area contributed by atoms with Crippen LogP contribution < -0.4 is 0 Å². The second-order valence-electron chi connectivity index (χ2n) is 6.77. The van der Waals surface area contributed by atoms with Crippen molar-refractivity contribution in [2.24, 2.45) is 0 Å². The Kier molecular flexibility index (Phi) is 10.2. The average molecular weight is 455 g/mol. The van der Waals surface area contributed by atoms with E-state index in [4.69, 9.17) is 16.7 Å². The van der Waals surface area contributed by atoms with Crippen LogP contribution in [0.3, 0.4) is 0 Å². The van der Waals surface area contributed by atoms with Crippen LogP contribution in [0.1, 0.15) is 60.1 Å². The summed E-state index contributed by atoms with van der Waals surface area (Å²) < 4.78 is 75.8. The van der Waals surface area contributed by atoms with Gasteiger partial charge in [-0.3, -0.25) is 0 Å². The van der Waals surface area contributed by atoms with E-state index in [1.807, 2.05) is 13.8 Å². The first-order chi connectivity index (χ1) is 14.0. The molecular weight excluding hydrogens is 430 g/mol. The van der Waals surface area contributed by atoms with Crippen LogP contribution in [0.5, 0.6) is 0 Å². The molecule has 2 rings (SSSR count). The molecule has 2 aromatic carbocycles. The highest BCUT2D eigenvalue weighted by Crippen LogP contribution is 2.34. The summed E-state index contributed by atoms with van der Waals surface area (Å²) in [5.74, 6) is 0.107. The molecule has 0 aliphatic rings. The maximum absolute atomic E-state index is 12.6. The van der Waals surface area contributed by atoms with E-state index in [0.29, 0.717) is 47.9 Å². The van der Waals surface area contributed by atoms with E-state index in [9.17, 15) is 26.3 Å². The Morgan fingerprint density at radius 3 is 1.47 bits per heavy atom. The van der Waals surface area contributed by atoms with Crippen LogP contribution in [0.4, 0.5) is 26.3 Å². The first-order valence-corrected chi connectivity index (χ1v) is 10.1. The number of aryl methyl sites for hydroxylation is 2. The number of hydrogen-bond donors (Lipinski definition) is 1. The van der Waals surface area contributed by atoms with Crippen molar-refractivity contribution in [3.63, 3.8) is 0 Å². The smallest absolute Gasteiger partial charge is 0.392 e. The third-order valence-electron chi connectivity index (χ3n) is 4.33. The molecule has 168 valence electrons. The first-order valence-electron chi connectivity index (χ1n) is 9.52. The molecule has 0 saturated heterocycles. The number of aliphatic hydroxyl groups is 1. The van der Waals surface area contributed by atoms with Crippen molar-refractivity contribution >= 4 is 11.6 Å². The maximum Gasteiger partial charge on any atom is 0.416 e. The minimum atomic E-state index is -4.34. The molecule has 2 aromatic rings. The zero-order chi connectivity index (χ0) is 22.9. The van der Waals surface area contributed by atoms with Gasteiger partial charge in [0, 0.05) is 5.88 Å². The van der Waals surface area contributed by atoms with Crippen LogP contribution in [-0.4, -0.2) is 5.11 Å². The van der Waals surface area contributed by atoms with Gasteiger partial charge in [0.15, 0.2) is 0 Å². The molecule has 0 saturated carbocycles. The molecule has 1 N–H and O–H groups in total. The Balaban J connectivity index is 0.000000300. The summed E-state index contributed by atoms with van der Waals surface area (Å²) in [7, 11) is 0. The van der Waals surface area contributed by atoms with Crippen molar-refractivity contribution in [1.82, 2.24) is 0 Å². The van der Waals surface area contributed by atoms with Gasteiger partial charge < -0.3 is 5.11 Å². The molecule has 8 heteroatoms. The molecule has 0 bridgehead atoms. The van der Waals surface area contributed by atoms with Gasteiger partial charge in [-0.2, -0.15) is 26.3 Å². The average Bonchev–Trinajstić information content (AvgIpc) is 2.68. The van der Waals surface area contributed by atoms with Crippen LogP contribution in [0.2, 0.25) is 0 Å². The quantitative estimate of drug-likeness (QED) is 0.353. The summed E-state index contributed by atoms with van der Waals surface area (Å²) in [5.41, 5.74) is 0.255. The van der Waals surface area contributed by atoms with Crippen molar-refractivity contribution in [3.8, 4) is 0 Å². The van der Waals surface area contributed by atoms with Crippen LogP contribution in [0.15, 0.2) is 36.4 Å². The summed E-state index contributed by atoms with van der Waals surface area (Å²) in [6.45, 7) is 3.32. The van der Waals surface area contributed by atoms with Crippen molar-refractivity contribution in [2.45, 2.75) is 64.4 Å². The molecule has 0 fully saturated rings. The molecule has 0 heterocycles. The number of alkyl halides is 7. The van der Waals surface area contributed by atoms with Gasteiger partial charge in [0.1, 0.15) is 0 Å². The normalized spacial score (nSPS) is 11.8. The standard InChI is InChI=1S/C11H12ClF3.C11H13F3O/c1-2-3-9-5-4-8(7-12)6-10(9)11(13,14)15;1-2-3-9-5-4-8(7-15)6-10(9)11(12,13)14/h4-6H,2-3,7H2,1H3;4-6,15H,2-3,7H2,1H3. The summed E-state index contributed by atoms with van der Waals surface area (Å²) in [5, 5.41) is 8.78. The second kappa shape index (κ2) is 11.6. The van der Waals surface area contributed by atoms with E-state index < -0.39 is 23.5 Å². The Labute approximate surface area is 177 Å². The van der Waals surface area contributed by atoms with Gasteiger partial charge in [-0.1, -0.05) is 51.0 Å². The SMILES string of the molecule is CCCc1ccc(CCl)cc1C(F)(F)F.CCCc1ccc(CO)cc1C(F)(F)F. The van der Waals surface area contributed by atoms with Gasteiger partial charge in [-0.25, -0.2) is 0 Å². The van der Waals surface area contributed by atoms with Gasteiger partial charge in [-0.15, -0.1) is 11.6 Å². The summed E-state index contributed by atoms with van der Waals surface area (Å²) in [6.07, 6.45) is -6.41. The van der Waals surface area contributed by atoms with Crippen molar-refractivity contribution < 1.29 is 31.4 Å². The highest BCUT2D eigenvalue weighted by Gasteiger charge is 2.33. The molecule has 1 nitrogen and oxygen atoms in total. The predicted octanol–water partition coefficient (Wildman–Crippen LogP) is 7.55. The molecule has 0 aliphatic heterocycles. The lowest BCUT2D eigenvalue weighted by atomic mass is 10.00. The van der Waals surface area contributed by atoms with E-state index in [2.05, 4.69) is 0 Å². The Hall–Kier alpha value is -1.73. The maximum atomic E-state index is 12.6. The van der Waals surface area contributed by atoms with Gasteiger partial charge >= 0.3 is 12.4 Å². The zero-order valence-electron chi connectivity index (χ0n) is 16.8. The number of aliphatic hydroxyl groups excluding tert-OH is 1. The van der Waals surface area contributed by atoms with E-state index in [0.717, 1.165) is 12.1 Å². The molecule has 0 unspecified atom stereocenters. The van der Waals surface area contributed by atoms with E-state index in [1.54, 1.807) is 6.07 Å². The molecule has 0 amide bonds. The van der Waals surface area contributed by atoms with Crippen LogP contribution in [-0.2, 0) is 37.7 Å². The molecule has 30 heavy (non-hydrogen) atoms. The largest absolute Gasteiger partial charge is 0.416 e. The predicted molar refractivity (Wildman–Crippen MR) is 106 cm³/mol. The molecule has 0 radical (unpaired) electrons. The van der Waals surface area contributed by atoms with Crippen molar-refractivity contribution in [2.75, 3.05) is 0 Å². The Morgan fingerprint density at radius 1 is 0.733 bits per heavy atom. The summed E-state index contributed by atoms with van der Waals surface area (Å²) in [4.78, 5) is 0. The molecule has 0 aliphatic carbocycles. The summed E-state index contributed by atoms with van der Waals surface area (Å²) >= 11 is 5.51. The first kappa shape index (κ1) is 26.3. The topological polar surface area (TPSA) is 20.2 Å². The third-order valence-corrected chi connectivity index (χ3v) is 4.64. The fourth-order valence-corrected chi connectivity index (χ4v) is 3.10. The van der Waals surface area contributed by atoms with Crippen molar-refractivity contribution in [3.05, 3.63) is 69.8 Å². The van der Waals surface area contributed by atoms with E-state index in [1.165, 1.54) is 18.2 Å². The van der Waals surface area contributed by atoms with Crippen LogP contribution >= 0.6 is 11.6 Å². The zero-order valence-corrected chi connectivity index (χ0v) is 17.6. The summed E-state index contributed by atoms with van der Waals surface area (Å²) in [6, 6.07) is 8.29. The van der Waals surface area contributed by atoms with Gasteiger partial charge in [0.25, 0.3) is 0 Å². The number of rotatable bonds is 6. The number of benzene rings is 2. The lowest BCUT2D eigenvalue weighted by molar-refractivity contribution is -0.139. The molecule has 0 spiro atoms. The fourth-order valence-electron chi connectivity index (χ4n) is 2.93. The third kappa shape index (κ3) is 7.84. The van der Waals surface area contributed by atoms with E-state index >= 15 is 0 Å². The van der Waals surface area contributed by atoms with Crippen LogP contribution in [0, 0.1) is 0 Å². The Morgan fingerprint density at radius 2 is 1.13 bits per heavy atom. The van der Waals surface area contributed by atoms with Crippen molar-refractivity contribution in [1.29, 1.82) is 0 Å². The van der Waals surface area contributed by atoms with E-state index in [-0.39, 0.29) is 12.5 Å². The minimum Gasteiger partial charge on any atom is -0.392 e. The Bertz CT molecular complexity index is 732. The minimum absolute atomic E-state index is 0.107. The highest BCUT2D eigenvalue weighted by atomic mass is 35.5. The van der Waals surface area contributed by atoms with Gasteiger partial charge in [0.05, 0.1) is 17.7 Å². The fraction of sp³-hybridized carbons (Fsp3) is 0.455. The highest BCUT2D eigenvalue weighted by molar-refractivity contribution is 6.17. The monoisotopic (exact) mass is 454 g/mol. The number of hydrogen-bond acceptors (Lipinski definition) is 1. The second-order valence-corrected chi connectivity index (χ2v) is 7.04. The van der Waals surface area contributed by atoms with Gasteiger partial charge in [-0.05, 0) is 47.2 Å². The molecular formula is C22H25ClF6O. The molecule has 0 atom stereocenters. The lowest BCUT2D eigenvalue weighted by Gasteiger charge is -2.13.